The highest BCUT2D eigenvalue weighted by Gasteiger charge is 2.14. The summed E-state index contributed by atoms with van der Waals surface area (Å²) >= 11 is 2.02. The van der Waals surface area contributed by atoms with Crippen LogP contribution < -0.4 is 15.4 Å². The highest BCUT2D eigenvalue weighted by molar-refractivity contribution is 7.99. The van der Waals surface area contributed by atoms with Crippen molar-refractivity contribution < 1.29 is 4.74 Å². The standard InChI is InChI=1S/C14H22N2OS/c1-2-9-17-13-6-3-5-12(14(13)15)16-7-4-10-18-11-8-16/h3,5-6H,2,4,7-11,15H2,1H3. The second-order valence-electron chi connectivity index (χ2n) is 4.49. The zero-order valence-electron chi connectivity index (χ0n) is 11.0. The first kappa shape index (κ1) is 13.4. The van der Waals surface area contributed by atoms with Crippen molar-refractivity contribution in [1.29, 1.82) is 0 Å². The Labute approximate surface area is 114 Å². The van der Waals surface area contributed by atoms with E-state index in [9.17, 15) is 0 Å². The first-order valence-electron chi connectivity index (χ1n) is 6.67. The number of anilines is 2. The minimum Gasteiger partial charge on any atom is -0.491 e. The summed E-state index contributed by atoms with van der Waals surface area (Å²) < 4.78 is 5.69. The smallest absolute Gasteiger partial charge is 0.144 e. The van der Waals surface area contributed by atoms with Crippen LogP contribution in [0, 0.1) is 0 Å². The third-order valence-electron chi connectivity index (χ3n) is 3.07. The highest BCUT2D eigenvalue weighted by atomic mass is 32.2. The molecule has 1 aromatic rings. The Balaban J connectivity index is 2.15. The van der Waals surface area contributed by atoms with E-state index in [-0.39, 0.29) is 0 Å². The van der Waals surface area contributed by atoms with Crippen molar-refractivity contribution in [3.63, 3.8) is 0 Å². The zero-order valence-corrected chi connectivity index (χ0v) is 11.8. The van der Waals surface area contributed by atoms with Gasteiger partial charge in [0.2, 0.25) is 0 Å². The van der Waals surface area contributed by atoms with Gasteiger partial charge in [0.05, 0.1) is 18.0 Å². The van der Waals surface area contributed by atoms with Gasteiger partial charge in [-0.3, -0.25) is 0 Å². The molecule has 0 radical (unpaired) electrons. The molecule has 1 fully saturated rings. The minimum atomic E-state index is 0.726. The van der Waals surface area contributed by atoms with Crippen molar-refractivity contribution >= 4 is 23.1 Å². The fourth-order valence-corrected chi connectivity index (χ4v) is 3.02. The van der Waals surface area contributed by atoms with E-state index in [1.165, 1.54) is 17.9 Å². The van der Waals surface area contributed by atoms with Crippen LogP contribution in [0.15, 0.2) is 18.2 Å². The van der Waals surface area contributed by atoms with Crippen LogP contribution in [0.25, 0.3) is 0 Å². The number of ether oxygens (including phenoxy) is 1. The van der Waals surface area contributed by atoms with Crippen molar-refractivity contribution in [3.8, 4) is 5.75 Å². The van der Waals surface area contributed by atoms with Gasteiger partial charge in [-0.2, -0.15) is 11.8 Å². The molecule has 100 valence electrons. The van der Waals surface area contributed by atoms with Crippen LogP contribution in [0.3, 0.4) is 0 Å². The van der Waals surface area contributed by atoms with Gasteiger partial charge in [0, 0.05) is 18.8 Å². The summed E-state index contributed by atoms with van der Waals surface area (Å²) in [6, 6.07) is 6.10. The van der Waals surface area contributed by atoms with Gasteiger partial charge < -0.3 is 15.4 Å². The summed E-state index contributed by atoms with van der Waals surface area (Å²) in [5.74, 6) is 3.26. The van der Waals surface area contributed by atoms with Gasteiger partial charge >= 0.3 is 0 Å². The molecule has 1 aliphatic heterocycles. The van der Waals surface area contributed by atoms with Gasteiger partial charge in [-0.15, -0.1) is 0 Å². The van der Waals surface area contributed by atoms with Crippen molar-refractivity contribution in [2.24, 2.45) is 0 Å². The summed E-state index contributed by atoms with van der Waals surface area (Å²) in [6.07, 6.45) is 2.23. The number of nitrogens with two attached hydrogens (primary N) is 1. The largest absolute Gasteiger partial charge is 0.491 e. The van der Waals surface area contributed by atoms with Crippen LogP contribution in [-0.4, -0.2) is 31.2 Å². The average molecular weight is 266 g/mol. The molecule has 1 saturated heterocycles. The number of benzene rings is 1. The molecule has 18 heavy (non-hydrogen) atoms. The molecule has 2 rings (SSSR count). The molecule has 0 aliphatic carbocycles. The van der Waals surface area contributed by atoms with E-state index in [1.54, 1.807) is 0 Å². The Kier molecular flexibility index (Phi) is 5.05. The summed E-state index contributed by atoms with van der Waals surface area (Å²) in [6.45, 7) is 5.00. The third-order valence-corrected chi connectivity index (χ3v) is 4.12. The Morgan fingerprint density at radius 3 is 3.06 bits per heavy atom. The Morgan fingerprint density at radius 2 is 2.22 bits per heavy atom. The van der Waals surface area contributed by atoms with Crippen molar-refractivity contribution in [2.45, 2.75) is 19.8 Å². The van der Waals surface area contributed by atoms with E-state index in [4.69, 9.17) is 10.5 Å². The van der Waals surface area contributed by atoms with Crippen molar-refractivity contribution in [3.05, 3.63) is 18.2 Å². The maximum atomic E-state index is 6.23. The molecular weight excluding hydrogens is 244 g/mol. The maximum Gasteiger partial charge on any atom is 0.144 e. The molecule has 0 atom stereocenters. The lowest BCUT2D eigenvalue weighted by molar-refractivity contribution is 0.319. The summed E-state index contributed by atoms with van der Waals surface area (Å²) in [7, 11) is 0. The second-order valence-corrected chi connectivity index (χ2v) is 5.72. The van der Waals surface area contributed by atoms with Gasteiger partial charge in [-0.1, -0.05) is 13.0 Å². The monoisotopic (exact) mass is 266 g/mol. The molecule has 1 aromatic carbocycles. The van der Waals surface area contributed by atoms with Crippen LogP contribution >= 0.6 is 11.8 Å². The van der Waals surface area contributed by atoms with E-state index in [0.29, 0.717) is 0 Å². The maximum absolute atomic E-state index is 6.23. The number of rotatable bonds is 4. The predicted molar refractivity (Wildman–Crippen MR) is 80.8 cm³/mol. The highest BCUT2D eigenvalue weighted by Crippen LogP contribution is 2.33. The average Bonchev–Trinajstić information content (AvgIpc) is 2.66. The molecule has 0 bridgehead atoms. The Bertz CT molecular complexity index is 376. The molecule has 0 saturated carbocycles. The van der Waals surface area contributed by atoms with Gasteiger partial charge in [-0.05, 0) is 30.7 Å². The lowest BCUT2D eigenvalue weighted by atomic mass is 10.2. The van der Waals surface area contributed by atoms with Crippen LogP contribution in [0.5, 0.6) is 5.75 Å². The van der Waals surface area contributed by atoms with Gasteiger partial charge in [0.15, 0.2) is 0 Å². The quantitative estimate of drug-likeness (QED) is 0.850. The van der Waals surface area contributed by atoms with Gasteiger partial charge in [0.25, 0.3) is 0 Å². The molecule has 1 aliphatic rings. The number of nitrogens with zero attached hydrogens (tertiary/aromatic N) is 1. The fraction of sp³-hybridized carbons (Fsp3) is 0.571. The number of hydrogen-bond donors (Lipinski definition) is 1. The van der Waals surface area contributed by atoms with Crippen LogP contribution in [-0.2, 0) is 0 Å². The number of hydrogen-bond acceptors (Lipinski definition) is 4. The molecule has 3 nitrogen and oxygen atoms in total. The number of thioether (sulfide) groups is 1. The third kappa shape index (κ3) is 3.25. The number of nitrogen functional groups attached to an aromatic ring is 1. The predicted octanol–water partition coefficient (Wildman–Crippen LogP) is 3.00. The first-order valence-corrected chi connectivity index (χ1v) is 7.82. The summed E-state index contributed by atoms with van der Waals surface area (Å²) in [5, 5.41) is 0. The zero-order chi connectivity index (χ0) is 12.8. The molecule has 0 aromatic heterocycles. The summed E-state index contributed by atoms with van der Waals surface area (Å²) in [5.41, 5.74) is 8.15. The van der Waals surface area contributed by atoms with Crippen LogP contribution in [0.1, 0.15) is 19.8 Å². The van der Waals surface area contributed by atoms with E-state index in [1.807, 2.05) is 23.9 Å². The van der Waals surface area contributed by atoms with E-state index >= 15 is 0 Å². The summed E-state index contributed by atoms with van der Waals surface area (Å²) in [4.78, 5) is 2.38. The lowest BCUT2D eigenvalue weighted by Gasteiger charge is -2.25. The van der Waals surface area contributed by atoms with Crippen LogP contribution in [0.2, 0.25) is 0 Å². The SMILES string of the molecule is CCCOc1cccc(N2CCCSCC2)c1N. The molecule has 1 heterocycles. The number of para-hydroxylation sites is 1. The molecular formula is C14H22N2OS. The van der Waals surface area contributed by atoms with Gasteiger partial charge in [0.1, 0.15) is 5.75 Å². The van der Waals surface area contributed by atoms with E-state index in [0.717, 1.165) is 43.2 Å². The molecule has 2 N–H and O–H groups in total. The first-order chi connectivity index (χ1) is 8.83. The van der Waals surface area contributed by atoms with E-state index < -0.39 is 0 Å². The van der Waals surface area contributed by atoms with E-state index in [2.05, 4.69) is 17.9 Å². The second kappa shape index (κ2) is 6.78. The molecule has 0 unspecified atom stereocenters. The van der Waals surface area contributed by atoms with Gasteiger partial charge in [-0.25, -0.2) is 0 Å². The van der Waals surface area contributed by atoms with Crippen LogP contribution in [0.4, 0.5) is 11.4 Å². The molecule has 4 heteroatoms. The Morgan fingerprint density at radius 1 is 1.33 bits per heavy atom. The fourth-order valence-electron chi connectivity index (χ4n) is 2.13. The van der Waals surface area contributed by atoms with Crippen molar-refractivity contribution in [2.75, 3.05) is 41.8 Å². The molecule has 0 amide bonds. The lowest BCUT2D eigenvalue weighted by Crippen LogP contribution is -2.26. The Hall–Kier alpha value is -1.03. The topological polar surface area (TPSA) is 38.5 Å². The normalized spacial score (nSPS) is 16.4. The molecule has 0 spiro atoms. The minimum absolute atomic E-state index is 0.726. The van der Waals surface area contributed by atoms with Crippen molar-refractivity contribution in [1.82, 2.24) is 0 Å².